The van der Waals surface area contributed by atoms with Crippen LogP contribution in [0.15, 0.2) is 12.1 Å². The lowest BCUT2D eigenvalue weighted by atomic mass is 9.98. The van der Waals surface area contributed by atoms with E-state index in [4.69, 9.17) is 4.74 Å². The monoisotopic (exact) mass is 302 g/mol. The van der Waals surface area contributed by atoms with E-state index in [0.29, 0.717) is 12.0 Å². The second-order valence-corrected chi connectivity index (χ2v) is 7.14. The quantitative estimate of drug-likeness (QED) is 0.831. The van der Waals surface area contributed by atoms with E-state index in [9.17, 15) is 0 Å². The zero-order valence-corrected chi connectivity index (χ0v) is 13.4. The van der Waals surface area contributed by atoms with Crippen LogP contribution in [0.2, 0.25) is 0 Å². The van der Waals surface area contributed by atoms with Crippen molar-refractivity contribution in [2.24, 2.45) is 5.92 Å². The Bertz CT molecular complexity index is 490. The molecule has 0 spiro atoms. The molecule has 5 nitrogen and oxygen atoms in total. The van der Waals surface area contributed by atoms with Crippen LogP contribution in [0.1, 0.15) is 37.3 Å². The number of hydrogen-bond donors (Lipinski definition) is 0. The third-order valence-electron chi connectivity index (χ3n) is 5.36. The van der Waals surface area contributed by atoms with Crippen LogP contribution < -0.4 is 4.90 Å². The van der Waals surface area contributed by atoms with Crippen molar-refractivity contribution in [2.45, 2.75) is 37.6 Å². The smallest absolute Gasteiger partial charge is 0.151 e. The summed E-state index contributed by atoms with van der Waals surface area (Å²) in [4.78, 5) is 4.87. The maximum Gasteiger partial charge on any atom is 0.151 e. The molecule has 2 aliphatic heterocycles. The maximum atomic E-state index is 5.45. The summed E-state index contributed by atoms with van der Waals surface area (Å²) in [7, 11) is 2.26. The third-order valence-corrected chi connectivity index (χ3v) is 5.36. The van der Waals surface area contributed by atoms with Gasteiger partial charge < -0.3 is 9.64 Å². The Hall–Kier alpha value is -1.20. The van der Waals surface area contributed by atoms with Crippen LogP contribution in [0.25, 0.3) is 0 Å². The largest absolute Gasteiger partial charge is 0.381 e. The minimum atomic E-state index is 0.660. The Kier molecular flexibility index (Phi) is 4.01. The third kappa shape index (κ3) is 3.10. The molecule has 0 bridgehead atoms. The molecule has 0 atom stereocenters. The summed E-state index contributed by atoms with van der Waals surface area (Å²) in [6, 6.07) is 4.97. The molecule has 22 heavy (non-hydrogen) atoms. The average Bonchev–Trinajstić information content (AvgIpc) is 3.32. The van der Waals surface area contributed by atoms with Gasteiger partial charge in [-0.1, -0.05) is 0 Å². The fraction of sp³-hybridized carbons (Fsp3) is 0.765. The molecular formula is C17H26N4O. The lowest BCUT2D eigenvalue weighted by Crippen LogP contribution is -2.59. The van der Waals surface area contributed by atoms with Crippen LogP contribution in [0.3, 0.4) is 0 Å². The Balaban J connectivity index is 1.25. The van der Waals surface area contributed by atoms with Gasteiger partial charge in [0.2, 0.25) is 0 Å². The van der Waals surface area contributed by atoms with E-state index in [1.165, 1.54) is 37.9 Å². The number of nitrogens with zero attached hydrogens (tertiary/aromatic N) is 4. The fourth-order valence-corrected chi connectivity index (χ4v) is 3.51. The number of ether oxygens (including phenoxy) is 1. The lowest BCUT2D eigenvalue weighted by Gasteiger charge is -2.45. The Morgan fingerprint density at radius 2 is 1.91 bits per heavy atom. The fourth-order valence-electron chi connectivity index (χ4n) is 3.51. The van der Waals surface area contributed by atoms with Gasteiger partial charge in [0.1, 0.15) is 0 Å². The van der Waals surface area contributed by atoms with E-state index in [1.54, 1.807) is 0 Å². The predicted molar refractivity (Wildman–Crippen MR) is 86.2 cm³/mol. The zero-order valence-electron chi connectivity index (χ0n) is 13.4. The van der Waals surface area contributed by atoms with E-state index < -0.39 is 0 Å². The van der Waals surface area contributed by atoms with Gasteiger partial charge in [0.25, 0.3) is 0 Å². The highest BCUT2D eigenvalue weighted by Gasteiger charge is 2.32. The molecule has 5 heteroatoms. The van der Waals surface area contributed by atoms with Crippen molar-refractivity contribution in [1.82, 2.24) is 15.1 Å². The van der Waals surface area contributed by atoms with Crippen LogP contribution in [0, 0.1) is 5.92 Å². The van der Waals surface area contributed by atoms with Gasteiger partial charge in [0.15, 0.2) is 5.82 Å². The van der Waals surface area contributed by atoms with Crippen LogP contribution in [0.5, 0.6) is 0 Å². The van der Waals surface area contributed by atoms with Crippen molar-refractivity contribution in [2.75, 3.05) is 44.8 Å². The summed E-state index contributed by atoms with van der Waals surface area (Å²) in [5.74, 6) is 2.54. The van der Waals surface area contributed by atoms with Gasteiger partial charge in [-0.15, -0.1) is 5.10 Å². The molecule has 120 valence electrons. The van der Waals surface area contributed by atoms with Crippen molar-refractivity contribution in [3.05, 3.63) is 17.8 Å². The van der Waals surface area contributed by atoms with Gasteiger partial charge in [-0.2, -0.15) is 5.10 Å². The normalized spacial score (nSPS) is 23.8. The summed E-state index contributed by atoms with van der Waals surface area (Å²) >= 11 is 0. The Labute approximate surface area is 132 Å². The summed E-state index contributed by atoms with van der Waals surface area (Å²) < 4.78 is 5.45. The van der Waals surface area contributed by atoms with E-state index >= 15 is 0 Å². The van der Waals surface area contributed by atoms with Gasteiger partial charge in [-0.3, -0.25) is 4.90 Å². The van der Waals surface area contributed by atoms with Crippen LogP contribution in [-0.2, 0) is 4.74 Å². The Morgan fingerprint density at radius 3 is 2.55 bits per heavy atom. The first-order valence-electron chi connectivity index (χ1n) is 8.66. The topological polar surface area (TPSA) is 41.5 Å². The molecule has 2 saturated heterocycles. The molecule has 0 aromatic carbocycles. The summed E-state index contributed by atoms with van der Waals surface area (Å²) in [6.07, 6.45) is 5.01. The lowest BCUT2D eigenvalue weighted by molar-refractivity contribution is 0.0480. The molecule has 3 fully saturated rings. The molecule has 3 heterocycles. The minimum absolute atomic E-state index is 0.660. The number of aromatic nitrogens is 2. The first-order chi connectivity index (χ1) is 10.8. The summed E-state index contributed by atoms with van der Waals surface area (Å²) in [5, 5.41) is 8.80. The van der Waals surface area contributed by atoms with E-state index in [1.807, 2.05) is 0 Å². The Morgan fingerprint density at radius 1 is 1.14 bits per heavy atom. The number of hydrogen-bond acceptors (Lipinski definition) is 5. The van der Waals surface area contributed by atoms with Crippen molar-refractivity contribution < 1.29 is 4.74 Å². The standard InChI is InChI=1S/C17H26N4O/c1-20(10-13-6-8-22-9-7-13)15-11-21(12-15)17-5-4-16(18-19-17)14-2-3-14/h4-5,13-15H,2-3,6-12H2,1H3. The molecule has 1 saturated carbocycles. The molecule has 4 rings (SSSR count). The van der Waals surface area contributed by atoms with Crippen LogP contribution >= 0.6 is 0 Å². The van der Waals surface area contributed by atoms with Crippen LogP contribution in [0.4, 0.5) is 5.82 Å². The molecular weight excluding hydrogens is 276 g/mol. The van der Waals surface area contributed by atoms with Crippen molar-refractivity contribution in [1.29, 1.82) is 0 Å². The van der Waals surface area contributed by atoms with E-state index in [0.717, 1.165) is 38.0 Å². The first-order valence-corrected chi connectivity index (χ1v) is 8.66. The summed E-state index contributed by atoms with van der Waals surface area (Å²) in [5.41, 5.74) is 1.18. The van der Waals surface area contributed by atoms with Crippen molar-refractivity contribution in [3.63, 3.8) is 0 Å². The molecule has 3 aliphatic rings. The number of likely N-dealkylation sites (N-methyl/N-ethyl adjacent to an activating group) is 1. The maximum absolute atomic E-state index is 5.45. The highest BCUT2D eigenvalue weighted by Crippen LogP contribution is 2.38. The van der Waals surface area contributed by atoms with Crippen LogP contribution in [-0.4, -0.2) is 61.0 Å². The van der Waals surface area contributed by atoms with Gasteiger partial charge in [0, 0.05) is 44.8 Å². The second kappa shape index (κ2) is 6.13. The highest BCUT2D eigenvalue weighted by molar-refractivity contribution is 5.42. The molecule has 1 aromatic heterocycles. The van der Waals surface area contributed by atoms with Gasteiger partial charge >= 0.3 is 0 Å². The van der Waals surface area contributed by atoms with E-state index in [2.05, 4.69) is 39.2 Å². The van der Waals surface area contributed by atoms with Crippen molar-refractivity contribution >= 4 is 5.82 Å². The first kappa shape index (κ1) is 14.4. The molecule has 1 aliphatic carbocycles. The summed E-state index contributed by atoms with van der Waals surface area (Å²) in [6.45, 7) is 5.25. The minimum Gasteiger partial charge on any atom is -0.381 e. The predicted octanol–water partition coefficient (Wildman–Crippen LogP) is 1.90. The van der Waals surface area contributed by atoms with Gasteiger partial charge in [0.05, 0.1) is 5.69 Å². The second-order valence-electron chi connectivity index (χ2n) is 7.14. The molecule has 0 radical (unpaired) electrons. The molecule has 0 N–H and O–H groups in total. The van der Waals surface area contributed by atoms with Gasteiger partial charge in [-0.25, -0.2) is 0 Å². The van der Waals surface area contributed by atoms with E-state index in [-0.39, 0.29) is 0 Å². The molecule has 1 aromatic rings. The molecule has 0 amide bonds. The van der Waals surface area contributed by atoms with Crippen molar-refractivity contribution in [3.8, 4) is 0 Å². The molecule has 0 unspecified atom stereocenters. The zero-order chi connectivity index (χ0) is 14.9. The number of rotatable bonds is 5. The van der Waals surface area contributed by atoms with Gasteiger partial charge in [-0.05, 0) is 50.8 Å². The SMILES string of the molecule is CN(CC1CCOCC1)C1CN(c2ccc(C3CC3)nn2)C1. The number of anilines is 1. The average molecular weight is 302 g/mol. The highest BCUT2D eigenvalue weighted by atomic mass is 16.5.